The van der Waals surface area contributed by atoms with Crippen LogP contribution in [-0.2, 0) is 9.59 Å². The van der Waals surface area contributed by atoms with Crippen molar-refractivity contribution in [2.24, 2.45) is 5.92 Å². The minimum Gasteiger partial charge on any atom is -0.486 e. The van der Waals surface area contributed by atoms with Gasteiger partial charge in [0, 0.05) is 30.1 Å². The molecule has 8 heteroatoms. The van der Waals surface area contributed by atoms with Gasteiger partial charge >= 0.3 is 11.8 Å². The van der Waals surface area contributed by atoms with Crippen LogP contribution < -0.4 is 20.1 Å². The third kappa shape index (κ3) is 4.72. The van der Waals surface area contributed by atoms with Crippen LogP contribution in [-0.4, -0.2) is 67.1 Å². The zero-order valence-corrected chi connectivity index (χ0v) is 16.8. The molecular weight excluding hydrogens is 378 g/mol. The Bertz CT molecular complexity index is 715. The highest BCUT2D eigenvalue weighted by Gasteiger charge is 2.28. The van der Waals surface area contributed by atoms with Crippen molar-refractivity contribution in [2.75, 3.05) is 49.7 Å². The van der Waals surface area contributed by atoms with Crippen molar-refractivity contribution in [3.8, 4) is 11.5 Å². The van der Waals surface area contributed by atoms with Gasteiger partial charge in [0.1, 0.15) is 13.2 Å². The fourth-order valence-corrected chi connectivity index (χ4v) is 5.21. The summed E-state index contributed by atoms with van der Waals surface area (Å²) in [5, 5.41) is 5.42. The molecule has 3 aliphatic rings. The highest BCUT2D eigenvalue weighted by molar-refractivity contribution is 7.99. The van der Waals surface area contributed by atoms with Gasteiger partial charge in [0.2, 0.25) is 0 Å². The summed E-state index contributed by atoms with van der Waals surface area (Å²) in [6, 6.07) is 5.85. The summed E-state index contributed by atoms with van der Waals surface area (Å²) in [5.41, 5.74) is 0.521. The number of nitrogens with one attached hydrogen (secondary N) is 2. The van der Waals surface area contributed by atoms with Crippen LogP contribution in [0.3, 0.4) is 0 Å². The maximum Gasteiger partial charge on any atom is 0.313 e. The zero-order chi connectivity index (χ0) is 19.3. The van der Waals surface area contributed by atoms with Gasteiger partial charge < -0.3 is 20.1 Å². The number of carbonyl (C=O) groups excluding carboxylic acids is 2. The number of piperidine rings is 1. The molecule has 0 spiro atoms. The third-order valence-electron chi connectivity index (χ3n) is 5.63. The highest BCUT2D eigenvalue weighted by Crippen LogP contribution is 2.32. The number of carbonyl (C=O) groups is 2. The van der Waals surface area contributed by atoms with E-state index < -0.39 is 11.8 Å². The summed E-state index contributed by atoms with van der Waals surface area (Å²) in [7, 11) is 0. The van der Waals surface area contributed by atoms with Crippen molar-refractivity contribution in [1.82, 2.24) is 10.2 Å². The first-order valence-corrected chi connectivity index (χ1v) is 11.1. The molecule has 0 bridgehead atoms. The molecule has 152 valence electrons. The fraction of sp³-hybridized carbons (Fsp3) is 0.600. The topological polar surface area (TPSA) is 79.9 Å². The largest absolute Gasteiger partial charge is 0.486 e. The Hall–Kier alpha value is -1.93. The molecule has 3 heterocycles. The van der Waals surface area contributed by atoms with E-state index in [1.54, 1.807) is 18.2 Å². The zero-order valence-electron chi connectivity index (χ0n) is 15.9. The number of ether oxygens (including phenoxy) is 2. The number of rotatable bonds is 4. The molecule has 0 aromatic heterocycles. The molecule has 28 heavy (non-hydrogen) atoms. The lowest BCUT2D eigenvalue weighted by Gasteiger charge is -2.35. The summed E-state index contributed by atoms with van der Waals surface area (Å²) in [4.78, 5) is 26.9. The Morgan fingerprint density at radius 1 is 1.07 bits per heavy atom. The maximum absolute atomic E-state index is 12.2. The SMILES string of the molecule is O=C(NCC1CCN(C2CCSC2)CC1)C(=O)Nc1ccc2c(c1)OCCO2. The first kappa shape index (κ1) is 19.4. The molecule has 2 amide bonds. The average molecular weight is 406 g/mol. The molecule has 2 N–H and O–H groups in total. The van der Waals surface area contributed by atoms with Crippen LogP contribution in [0.1, 0.15) is 19.3 Å². The van der Waals surface area contributed by atoms with Crippen LogP contribution in [0, 0.1) is 5.92 Å². The standard InChI is InChI=1S/C20H27N3O4S/c24-19(20(25)22-15-1-2-17-18(11-15)27-9-8-26-17)21-12-14-3-6-23(7-4-14)16-5-10-28-13-16/h1-2,11,14,16H,3-10,12-13H2,(H,21,24)(H,22,25). The molecule has 0 radical (unpaired) electrons. The Kier molecular flexibility index (Phi) is 6.26. The summed E-state index contributed by atoms with van der Waals surface area (Å²) in [6.45, 7) is 3.73. The molecule has 0 saturated carbocycles. The number of nitrogens with zero attached hydrogens (tertiary/aromatic N) is 1. The van der Waals surface area contributed by atoms with Crippen molar-refractivity contribution in [1.29, 1.82) is 0 Å². The third-order valence-corrected chi connectivity index (χ3v) is 6.77. The van der Waals surface area contributed by atoms with E-state index in [0.717, 1.165) is 32.0 Å². The van der Waals surface area contributed by atoms with Gasteiger partial charge in [-0.15, -0.1) is 0 Å². The van der Waals surface area contributed by atoms with Crippen LogP contribution in [0.15, 0.2) is 18.2 Å². The highest BCUT2D eigenvalue weighted by atomic mass is 32.2. The van der Waals surface area contributed by atoms with Gasteiger partial charge in [-0.2, -0.15) is 11.8 Å². The number of benzene rings is 1. The second-order valence-corrected chi connectivity index (χ2v) is 8.67. The fourth-order valence-electron chi connectivity index (χ4n) is 3.96. The van der Waals surface area contributed by atoms with Crippen LogP contribution in [0.5, 0.6) is 11.5 Å². The quantitative estimate of drug-likeness (QED) is 0.743. The van der Waals surface area contributed by atoms with Crippen LogP contribution in [0.4, 0.5) is 5.69 Å². The van der Waals surface area contributed by atoms with Crippen molar-refractivity contribution >= 4 is 29.3 Å². The van der Waals surface area contributed by atoms with Crippen molar-refractivity contribution in [3.05, 3.63) is 18.2 Å². The lowest BCUT2D eigenvalue weighted by Crippen LogP contribution is -2.45. The molecular formula is C20H27N3O4S. The Morgan fingerprint density at radius 2 is 1.86 bits per heavy atom. The van der Waals surface area contributed by atoms with Crippen molar-refractivity contribution in [2.45, 2.75) is 25.3 Å². The van der Waals surface area contributed by atoms with Gasteiger partial charge in [0.15, 0.2) is 11.5 Å². The van der Waals surface area contributed by atoms with Crippen LogP contribution in [0.25, 0.3) is 0 Å². The van der Waals surface area contributed by atoms with Gasteiger partial charge in [-0.25, -0.2) is 0 Å². The van der Waals surface area contributed by atoms with Crippen molar-refractivity contribution < 1.29 is 19.1 Å². The van der Waals surface area contributed by atoms with Crippen LogP contribution >= 0.6 is 11.8 Å². The Balaban J connectivity index is 1.20. The monoisotopic (exact) mass is 405 g/mol. The molecule has 4 rings (SSSR count). The summed E-state index contributed by atoms with van der Waals surface area (Å²) in [6.07, 6.45) is 3.45. The number of fused-ring (bicyclic) bond motifs is 1. The predicted octanol–water partition coefficient (Wildman–Crippen LogP) is 1.73. The van der Waals surface area contributed by atoms with E-state index in [9.17, 15) is 9.59 Å². The average Bonchev–Trinajstić information content (AvgIpc) is 3.27. The smallest absolute Gasteiger partial charge is 0.313 e. The molecule has 1 aromatic carbocycles. The van der Waals surface area contributed by atoms with Crippen LogP contribution in [0.2, 0.25) is 0 Å². The lowest BCUT2D eigenvalue weighted by molar-refractivity contribution is -0.136. The van der Waals surface area contributed by atoms with Gasteiger partial charge in [0.05, 0.1) is 0 Å². The number of amides is 2. The van der Waals surface area contributed by atoms with Gasteiger partial charge in [-0.1, -0.05) is 0 Å². The Morgan fingerprint density at radius 3 is 2.61 bits per heavy atom. The number of hydrogen-bond donors (Lipinski definition) is 2. The van der Waals surface area contributed by atoms with E-state index in [1.807, 2.05) is 11.8 Å². The molecule has 1 unspecified atom stereocenters. The second-order valence-electron chi connectivity index (χ2n) is 7.52. The van der Waals surface area contributed by atoms with Crippen molar-refractivity contribution in [3.63, 3.8) is 0 Å². The minimum atomic E-state index is -0.655. The van der Waals surface area contributed by atoms with Gasteiger partial charge in [-0.3, -0.25) is 14.5 Å². The summed E-state index contributed by atoms with van der Waals surface area (Å²) < 4.78 is 11.0. The molecule has 1 atom stereocenters. The number of anilines is 1. The molecule has 0 aliphatic carbocycles. The van der Waals surface area contributed by atoms with Gasteiger partial charge in [0.25, 0.3) is 0 Å². The number of hydrogen-bond acceptors (Lipinski definition) is 6. The van der Waals surface area contributed by atoms with Gasteiger partial charge in [-0.05, 0) is 56.2 Å². The van der Waals surface area contributed by atoms with E-state index in [2.05, 4.69) is 15.5 Å². The molecule has 3 aliphatic heterocycles. The Labute approximate surface area is 169 Å². The molecule has 2 saturated heterocycles. The molecule has 7 nitrogen and oxygen atoms in total. The first-order valence-electron chi connectivity index (χ1n) is 9.99. The second kappa shape index (κ2) is 9.05. The molecule has 1 aromatic rings. The lowest BCUT2D eigenvalue weighted by atomic mass is 9.95. The summed E-state index contributed by atoms with van der Waals surface area (Å²) in [5.74, 6) is 2.95. The minimum absolute atomic E-state index is 0.441. The maximum atomic E-state index is 12.2. The van der Waals surface area contributed by atoms with E-state index in [0.29, 0.717) is 42.9 Å². The number of thioether (sulfide) groups is 1. The summed E-state index contributed by atoms with van der Waals surface area (Å²) >= 11 is 2.04. The normalized spacial score (nSPS) is 22.6. The van der Waals surface area contributed by atoms with E-state index >= 15 is 0 Å². The predicted molar refractivity (Wildman–Crippen MR) is 109 cm³/mol. The van der Waals surface area contributed by atoms with E-state index in [1.165, 1.54) is 17.9 Å². The van der Waals surface area contributed by atoms with E-state index in [-0.39, 0.29) is 0 Å². The van der Waals surface area contributed by atoms with E-state index in [4.69, 9.17) is 9.47 Å². The number of likely N-dealkylation sites (tertiary alicyclic amines) is 1. The molecule has 2 fully saturated rings. The first-order chi connectivity index (χ1) is 13.7.